The quantitative estimate of drug-likeness (QED) is 0.715. The van der Waals surface area contributed by atoms with E-state index in [4.69, 9.17) is 13.9 Å². The second-order valence-corrected chi connectivity index (χ2v) is 7.09. The summed E-state index contributed by atoms with van der Waals surface area (Å²) in [6.45, 7) is 3.19. The van der Waals surface area contributed by atoms with Crippen molar-refractivity contribution in [3.05, 3.63) is 65.2 Å². The Kier molecular flexibility index (Phi) is 5.62. The molecule has 6 heteroatoms. The molecular formula is C23H24N2O4. The molecule has 150 valence electrons. The van der Waals surface area contributed by atoms with Crippen molar-refractivity contribution in [3.63, 3.8) is 0 Å². The number of hydrogen-bond acceptors (Lipinski definition) is 5. The number of ether oxygens (including phenoxy) is 2. The Morgan fingerprint density at radius 2 is 2.10 bits per heavy atom. The number of nitrogens with one attached hydrogen (secondary N) is 1. The number of para-hydroxylation sites is 2. The van der Waals surface area contributed by atoms with Crippen LogP contribution in [0.3, 0.4) is 0 Å². The summed E-state index contributed by atoms with van der Waals surface area (Å²) in [5.41, 5.74) is 2.93. The summed E-state index contributed by atoms with van der Waals surface area (Å²) < 4.78 is 17.1. The SMILES string of the molecule is COc1cccc2cc(C(=O)NC[C@H]3CCCO3)c(=Nc3ccccc3C)oc12. The van der Waals surface area contributed by atoms with Crippen molar-refractivity contribution in [2.75, 3.05) is 20.3 Å². The molecule has 1 aromatic heterocycles. The van der Waals surface area contributed by atoms with Gasteiger partial charge >= 0.3 is 0 Å². The lowest BCUT2D eigenvalue weighted by Crippen LogP contribution is -2.34. The summed E-state index contributed by atoms with van der Waals surface area (Å²) in [5.74, 6) is 0.358. The predicted octanol–water partition coefficient (Wildman–Crippen LogP) is 3.89. The van der Waals surface area contributed by atoms with Crippen LogP contribution >= 0.6 is 0 Å². The first-order valence-electron chi connectivity index (χ1n) is 9.77. The van der Waals surface area contributed by atoms with Gasteiger partial charge in [0.05, 0.1) is 18.9 Å². The van der Waals surface area contributed by atoms with Crippen LogP contribution in [0.15, 0.2) is 57.9 Å². The van der Waals surface area contributed by atoms with Gasteiger partial charge in [0.15, 0.2) is 11.3 Å². The number of aryl methyl sites for hydroxylation is 1. The number of carbonyl (C=O) groups excluding carboxylic acids is 1. The molecule has 1 saturated heterocycles. The molecule has 1 aliphatic rings. The zero-order chi connectivity index (χ0) is 20.2. The molecule has 6 nitrogen and oxygen atoms in total. The van der Waals surface area contributed by atoms with E-state index in [0.29, 0.717) is 23.4 Å². The molecule has 1 atom stereocenters. The van der Waals surface area contributed by atoms with Crippen LogP contribution in [0.25, 0.3) is 11.0 Å². The van der Waals surface area contributed by atoms with Gasteiger partial charge in [-0.1, -0.05) is 30.3 Å². The Labute approximate surface area is 169 Å². The Hall–Kier alpha value is -3.12. The van der Waals surface area contributed by atoms with Gasteiger partial charge in [0.1, 0.15) is 5.56 Å². The molecule has 0 spiro atoms. The molecular weight excluding hydrogens is 368 g/mol. The van der Waals surface area contributed by atoms with E-state index < -0.39 is 0 Å². The van der Waals surface area contributed by atoms with Gasteiger partial charge in [-0.3, -0.25) is 4.79 Å². The molecule has 2 aromatic carbocycles. The van der Waals surface area contributed by atoms with Gasteiger partial charge in [-0.25, -0.2) is 4.99 Å². The molecule has 4 rings (SSSR count). The maximum Gasteiger partial charge on any atom is 0.256 e. The van der Waals surface area contributed by atoms with Crippen molar-refractivity contribution in [2.45, 2.75) is 25.9 Å². The number of benzene rings is 2. The lowest BCUT2D eigenvalue weighted by Gasteiger charge is -2.12. The van der Waals surface area contributed by atoms with Crippen molar-refractivity contribution in [1.29, 1.82) is 0 Å². The number of hydrogen-bond donors (Lipinski definition) is 1. The number of fused-ring (bicyclic) bond motifs is 1. The second-order valence-electron chi connectivity index (χ2n) is 7.09. The third kappa shape index (κ3) is 4.17. The number of nitrogens with zero attached hydrogens (tertiary/aromatic N) is 1. The van der Waals surface area contributed by atoms with Crippen molar-refractivity contribution < 1.29 is 18.7 Å². The minimum absolute atomic E-state index is 0.0631. The van der Waals surface area contributed by atoms with Crippen LogP contribution < -0.4 is 15.6 Å². The molecule has 2 heterocycles. The average molecular weight is 392 g/mol. The number of methoxy groups -OCH3 is 1. The summed E-state index contributed by atoms with van der Waals surface area (Å²) in [6, 6.07) is 15.1. The molecule has 0 saturated carbocycles. The average Bonchev–Trinajstić information content (AvgIpc) is 3.26. The summed E-state index contributed by atoms with van der Waals surface area (Å²) in [4.78, 5) is 17.6. The van der Waals surface area contributed by atoms with Crippen molar-refractivity contribution >= 4 is 22.6 Å². The molecule has 1 amide bonds. The van der Waals surface area contributed by atoms with Crippen molar-refractivity contribution in [2.24, 2.45) is 4.99 Å². The van der Waals surface area contributed by atoms with Crippen LogP contribution in [0.2, 0.25) is 0 Å². The van der Waals surface area contributed by atoms with E-state index in [9.17, 15) is 4.79 Å². The molecule has 1 aliphatic heterocycles. The highest BCUT2D eigenvalue weighted by molar-refractivity contribution is 5.97. The van der Waals surface area contributed by atoms with E-state index in [1.165, 1.54) is 0 Å². The fourth-order valence-electron chi connectivity index (χ4n) is 3.44. The van der Waals surface area contributed by atoms with Crippen LogP contribution in [-0.2, 0) is 4.74 Å². The van der Waals surface area contributed by atoms with Gasteiger partial charge < -0.3 is 19.2 Å². The van der Waals surface area contributed by atoms with Crippen LogP contribution in [0.1, 0.15) is 28.8 Å². The van der Waals surface area contributed by atoms with Gasteiger partial charge in [0.25, 0.3) is 5.91 Å². The first-order valence-corrected chi connectivity index (χ1v) is 9.77. The summed E-state index contributed by atoms with van der Waals surface area (Å²) in [5, 5.41) is 3.73. The third-order valence-corrected chi connectivity index (χ3v) is 5.05. The van der Waals surface area contributed by atoms with Gasteiger partial charge in [-0.2, -0.15) is 0 Å². The van der Waals surface area contributed by atoms with Crippen LogP contribution in [0, 0.1) is 6.92 Å². The topological polar surface area (TPSA) is 73.1 Å². The van der Waals surface area contributed by atoms with Crippen LogP contribution in [-0.4, -0.2) is 32.3 Å². The highest BCUT2D eigenvalue weighted by Crippen LogP contribution is 2.25. The largest absolute Gasteiger partial charge is 0.493 e. The summed E-state index contributed by atoms with van der Waals surface area (Å²) >= 11 is 0. The van der Waals surface area contributed by atoms with E-state index in [0.717, 1.165) is 36.1 Å². The van der Waals surface area contributed by atoms with Crippen LogP contribution in [0.4, 0.5) is 5.69 Å². The molecule has 0 unspecified atom stereocenters. The minimum atomic E-state index is -0.235. The first-order chi connectivity index (χ1) is 14.2. The van der Waals surface area contributed by atoms with E-state index in [1.54, 1.807) is 13.2 Å². The first kappa shape index (κ1) is 19.2. The third-order valence-electron chi connectivity index (χ3n) is 5.05. The van der Waals surface area contributed by atoms with Gasteiger partial charge in [0, 0.05) is 18.5 Å². The number of carbonyl (C=O) groups is 1. The lowest BCUT2D eigenvalue weighted by molar-refractivity contribution is 0.0854. The van der Waals surface area contributed by atoms with E-state index in [1.807, 2.05) is 49.4 Å². The van der Waals surface area contributed by atoms with Crippen LogP contribution in [0.5, 0.6) is 5.75 Å². The van der Waals surface area contributed by atoms with Gasteiger partial charge in [-0.15, -0.1) is 0 Å². The Bertz CT molecular complexity index is 1100. The zero-order valence-electron chi connectivity index (χ0n) is 16.6. The normalized spacial score (nSPS) is 16.9. The molecule has 29 heavy (non-hydrogen) atoms. The lowest BCUT2D eigenvalue weighted by atomic mass is 10.1. The summed E-state index contributed by atoms with van der Waals surface area (Å²) in [7, 11) is 1.59. The van der Waals surface area contributed by atoms with Gasteiger partial charge in [0.2, 0.25) is 5.55 Å². The maximum atomic E-state index is 13.0. The Balaban J connectivity index is 1.80. The fourth-order valence-corrected chi connectivity index (χ4v) is 3.44. The fraction of sp³-hybridized carbons (Fsp3) is 0.304. The zero-order valence-corrected chi connectivity index (χ0v) is 16.6. The smallest absolute Gasteiger partial charge is 0.256 e. The molecule has 1 fully saturated rings. The molecule has 0 aliphatic carbocycles. The molecule has 0 bridgehead atoms. The standard InChI is InChI=1S/C23H24N2O4/c1-15-7-3-4-10-19(15)25-23-18(22(26)24-14-17-9-6-12-28-17)13-16-8-5-11-20(27-2)21(16)29-23/h3-5,7-8,10-11,13,17H,6,9,12,14H2,1-2H3,(H,24,26)/t17-/m1/s1. The number of rotatable bonds is 5. The minimum Gasteiger partial charge on any atom is -0.493 e. The maximum absolute atomic E-state index is 13.0. The Morgan fingerprint density at radius 3 is 2.86 bits per heavy atom. The van der Waals surface area contributed by atoms with E-state index in [-0.39, 0.29) is 17.6 Å². The highest BCUT2D eigenvalue weighted by Gasteiger charge is 2.19. The molecule has 1 N–H and O–H groups in total. The monoisotopic (exact) mass is 392 g/mol. The number of amides is 1. The van der Waals surface area contributed by atoms with E-state index in [2.05, 4.69) is 10.3 Å². The van der Waals surface area contributed by atoms with Crippen molar-refractivity contribution in [3.8, 4) is 5.75 Å². The van der Waals surface area contributed by atoms with Crippen molar-refractivity contribution in [1.82, 2.24) is 5.32 Å². The Morgan fingerprint density at radius 1 is 1.24 bits per heavy atom. The second kappa shape index (κ2) is 8.49. The predicted molar refractivity (Wildman–Crippen MR) is 110 cm³/mol. The highest BCUT2D eigenvalue weighted by atomic mass is 16.5. The van der Waals surface area contributed by atoms with Gasteiger partial charge in [-0.05, 0) is 43.5 Å². The van der Waals surface area contributed by atoms with E-state index >= 15 is 0 Å². The summed E-state index contributed by atoms with van der Waals surface area (Å²) in [6.07, 6.45) is 2.05. The molecule has 3 aromatic rings. The molecule has 0 radical (unpaired) electrons.